The minimum atomic E-state index is -0.396. The standard InChI is InChI=1S/C17H17ClN4O2/c1-3-4-9-22-10-19-15-14(20-17(18)21-16(15)22)12-7-5-6-8-13(12)24-11(2)23/h5-8,10H,3-4,9H2,1-2H3. The summed E-state index contributed by atoms with van der Waals surface area (Å²) in [5.74, 6) is 0.0245. The lowest BCUT2D eigenvalue weighted by Gasteiger charge is -2.09. The highest BCUT2D eigenvalue weighted by Gasteiger charge is 2.17. The lowest BCUT2D eigenvalue weighted by Crippen LogP contribution is -2.03. The molecule has 7 heteroatoms. The van der Waals surface area contributed by atoms with Crippen LogP contribution in [0.15, 0.2) is 30.6 Å². The van der Waals surface area contributed by atoms with Gasteiger partial charge in [0.05, 0.1) is 6.33 Å². The number of esters is 1. The van der Waals surface area contributed by atoms with Crippen molar-refractivity contribution in [2.75, 3.05) is 0 Å². The molecule has 6 nitrogen and oxygen atoms in total. The molecule has 0 aliphatic heterocycles. The molecule has 1 aromatic carbocycles. The van der Waals surface area contributed by atoms with Gasteiger partial charge in [0.15, 0.2) is 5.65 Å². The Hall–Kier alpha value is -2.47. The number of para-hydroxylation sites is 1. The molecule has 0 amide bonds. The van der Waals surface area contributed by atoms with Gasteiger partial charge in [-0.1, -0.05) is 25.5 Å². The van der Waals surface area contributed by atoms with E-state index < -0.39 is 5.97 Å². The van der Waals surface area contributed by atoms with Crippen molar-refractivity contribution >= 4 is 28.7 Å². The summed E-state index contributed by atoms with van der Waals surface area (Å²) in [5, 5.41) is 0.133. The summed E-state index contributed by atoms with van der Waals surface area (Å²) in [6.45, 7) is 4.30. The number of hydrogen-bond donors (Lipinski definition) is 0. The van der Waals surface area contributed by atoms with Gasteiger partial charge in [0, 0.05) is 19.0 Å². The molecule has 0 unspecified atom stereocenters. The van der Waals surface area contributed by atoms with Crippen LogP contribution in [0, 0.1) is 0 Å². The molecule has 0 aliphatic carbocycles. The van der Waals surface area contributed by atoms with E-state index >= 15 is 0 Å². The molecule has 0 bridgehead atoms. The molecule has 0 spiro atoms. The van der Waals surface area contributed by atoms with Crippen molar-refractivity contribution in [3.05, 3.63) is 35.9 Å². The zero-order chi connectivity index (χ0) is 17.1. The maximum absolute atomic E-state index is 11.3. The van der Waals surface area contributed by atoms with E-state index in [1.165, 1.54) is 6.92 Å². The van der Waals surface area contributed by atoms with Crippen LogP contribution < -0.4 is 4.74 Å². The van der Waals surface area contributed by atoms with Gasteiger partial charge in [0.1, 0.15) is 17.0 Å². The summed E-state index contributed by atoms with van der Waals surface area (Å²) in [7, 11) is 0. The Morgan fingerprint density at radius 2 is 2.08 bits per heavy atom. The van der Waals surface area contributed by atoms with E-state index in [2.05, 4.69) is 21.9 Å². The van der Waals surface area contributed by atoms with Crippen molar-refractivity contribution in [3.8, 4) is 17.0 Å². The van der Waals surface area contributed by atoms with Crippen LogP contribution >= 0.6 is 11.6 Å². The van der Waals surface area contributed by atoms with Crippen molar-refractivity contribution in [1.82, 2.24) is 19.5 Å². The van der Waals surface area contributed by atoms with E-state index in [0.717, 1.165) is 19.4 Å². The predicted molar refractivity (Wildman–Crippen MR) is 92.0 cm³/mol. The van der Waals surface area contributed by atoms with Gasteiger partial charge in [-0.25, -0.2) is 9.97 Å². The van der Waals surface area contributed by atoms with E-state index in [9.17, 15) is 4.79 Å². The monoisotopic (exact) mass is 344 g/mol. The van der Waals surface area contributed by atoms with Gasteiger partial charge in [-0.3, -0.25) is 4.79 Å². The summed E-state index contributed by atoms with van der Waals surface area (Å²) in [4.78, 5) is 24.4. The smallest absolute Gasteiger partial charge is 0.308 e. The highest BCUT2D eigenvalue weighted by Crippen LogP contribution is 2.33. The third kappa shape index (κ3) is 3.23. The number of ether oxygens (including phenoxy) is 1. The number of halogens is 1. The lowest BCUT2D eigenvalue weighted by atomic mass is 10.1. The van der Waals surface area contributed by atoms with Crippen LogP contribution in [0.2, 0.25) is 5.28 Å². The normalized spacial score (nSPS) is 11.0. The molecular weight excluding hydrogens is 328 g/mol. The Bertz CT molecular complexity index is 891. The number of imidazole rings is 1. The van der Waals surface area contributed by atoms with Crippen LogP contribution in [0.3, 0.4) is 0 Å². The summed E-state index contributed by atoms with van der Waals surface area (Å²) in [5.41, 5.74) is 2.52. The van der Waals surface area contributed by atoms with E-state index in [0.29, 0.717) is 28.2 Å². The predicted octanol–water partition coefficient (Wildman–Crippen LogP) is 3.87. The third-order valence-electron chi connectivity index (χ3n) is 3.59. The van der Waals surface area contributed by atoms with Gasteiger partial charge < -0.3 is 9.30 Å². The van der Waals surface area contributed by atoms with Crippen LogP contribution in [0.4, 0.5) is 0 Å². The molecular formula is C17H17ClN4O2. The maximum Gasteiger partial charge on any atom is 0.308 e. The average Bonchev–Trinajstić information content (AvgIpc) is 2.95. The Balaban J connectivity index is 2.17. The van der Waals surface area contributed by atoms with Gasteiger partial charge in [-0.15, -0.1) is 0 Å². The molecule has 24 heavy (non-hydrogen) atoms. The summed E-state index contributed by atoms with van der Waals surface area (Å²) in [6.07, 6.45) is 3.83. The molecule has 0 saturated carbocycles. The second-order valence-electron chi connectivity index (χ2n) is 5.39. The van der Waals surface area contributed by atoms with Crippen LogP contribution in [0.25, 0.3) is 22.4 Å². The molecule has 124 valence electrons. The Labute approximate surface area is 144 Å². The summed E-state index contributed by atoms with van der Waals surface area (Å²) < 4.78 is 7.25. The first kappa shape index (κ1) is 16.4. The zero-order valence-corrected chi connectivity index (χ0v) is 14.2. The van der Waals surface area contributed by atoms with Crippen LogP contribution in [-0.4, -0.2) is 25.5 Å². The molecule has 3 aromatic rings. The van der Waals surface area contributed by atoms with E-state index in [1.54, 1.807) is 18.5 Å². The number of nitrogens with zero attached hydrogens (tertiary/aromatic N) is 4. The van der Waals surface area contributed by atoms with Gasteiger partial charge in [0.2, 0.25) is 5.28 Å². The van der Waals surface area contributed by atoms with Crippen molar-refractivity contribution in [2.24, 2.45) is 0 Å². The molecule has 0 fully saturated rings. The van der Waals surface area contributed by atoms with Crippen LogP contribution in [-0.2, 0) is 11.3 Å². The van der Waals surface area contributed by atoms with E-state index in [-0.39, 0.29) is 5.28 Å². The van der Waals surface area contributed by atoms with Crippen molar-refractivity contribution < 1.29 is 9.53 Å². The number of aryl methyl sites for hydroxylation is 1. The molecule has 0 N–H and O–H groups in total. The quantitative estimate of drug-likeness (QED) is 0.399. The Kier molecular flexibility index (Phi) is 4.76. The minimum absolute atomic E-state index is 0.133. The number of unbranched alkanes of at least 4 members (excludes halogenated alkanes) is 1. The maximum atomic E-state index is 11.3. The average molecular weight is 345 g/mol. The molecule has 2 heterocycles. The molecule has 0 radical (unpaired) electrons. The van der Waals surface area contributed by atoms with Crippen molar-refractivity contribution in [3.63, 3.8) is 0 Å². The molecule has 0 saturated heterocycles. The van der Waals surface area contributed by atoms with Gasteiger partial charge >= 0.3 is 5.97 Å². The van der Waals surface area contributed by atoms with E-state index in [1.807, 2.05) is 16.7 Å². The molecule has 0 atom stereocenters. The minimum Gasteiger partial charge on any atom is -0.426 e. The SMILES string of the molecule is CCCCn1cnc2c(-c3ccccc3OC(C)=O)nc(Cl)nc21. The van der Waals surface area contributed by atoms with Crippen LogP contribution in [0.1, 0.15) is 26.7 Å². The molecule has 3 rings (SSSR count). The van der Waals surface area contributed by atoms with Gasteiger partial charge in [-0.2, -0.15) is 4.98 Å². The number of fused-ring (bicyclic) bond motifs is 1. The highest BCUT2D eigenvalue weighted by molar-refractivity contribution is 6.28. The third-order valence-corrected chi connectivity index (χ3v) is 3.75. The van der Waals surface area contributed by atoms with E-state index in [4.69, 9.17) is 16.3 Å². The molecule has 2 aromatic heterocycles. The largest absolute Gasteiger partial charge is 0.426 e. The fourth-order valence-corrected chi connectivity index (χ4v) is 2.67. The molecule has 0 aliphatic rings. The Morgan fingerprint density at radius 3 is 2.83 bits per heavy atom. The first-order valence-corrected chi connectivity index (χ1v) is 8.14. The first-order chi connectivity index (χ1) is 11.6. The Morgan fingerprint density at radius 1 is 1.29 bits per heavy atom. The lowest BCUT2D eigenvalue weighted by molar-refractivity contribution is -0.131. The highest BCUT2D eigenvalue weighted by atomic mass is 35.5. The zero-order valence-electron chi connectivity index (χ0n) is 13.5. The van der Waals surface area contributed by atoms with Gasteiger partial charge in [0.25, 0.3) is 0 Å². The number of rotatable bonds is 5. The second-order valence-corrected chi connectivity index (χ2v) is 5.73. The van der Waals surface area contributed by atoms with Crippen molar-refractivity contribution in [2.45, 2.75) is 33.2 Å². The second kappa shape index (κ2) is 6.97. The number of carbonyl (C=O) groups excluding carboxylic acids is 1. The first-order valence-electron chi connectivity index (χ1n) is 7.76. The summed E-state index contributed by atoms with van der Waals surface area (Å²) in [6, 6.07) is 7.17. The topological polar surface area (TPSA) is 69.9 Å². The summed E-state index contributed by atoms with van der Waals surface area (Å²) >= 11 is 6.12. The fourth-order valence-electron chi connectivity index (χ4n) is 2.50. The van der Waals surface area contributed by atoms with Gasteiger partial charge in [-0.05, 0) is 30.2 Å². The number of benzene rings is 1. The fraction of sp³-hybridized carbons (Fsp3) is 0.294. The number of hydrogen-bond acceptors (Lipinski definition) is 5. The van der Waals surface area contributed by atoms with Crippen LogP contribution in [0.5, 0.6) is 5.75 Å². The number of carbonyl (C=O) groups is 1. The number of aromatic nitrogens is 4. The van der Waals surface area contributed by atoms with Crippen molar-refractivity contribution in [1.29, 1.82) is 0 Å².